The topological polar surface area (TPSA) is 108 Å². The maximum absolute atomic E-state index is 12.4. The second kappa shape index (κ2) is 7.26. The summed E-state index contributed by atoms with van der Waals surface area (Å²) in [6.07, 6.45) is 0. The highest BCUT2D eigenvalue weighted by Gasteiger charge is 2.18. The molecule has 0 spiro atoms. The number of thioether (sulfide) groups is 1. The third kappa shape index (κ3) is 3.75. The number of fused-ring (bicyclic) bond motifs is 1. The number of aromatic nitrogens is 2. The van der Waals surface area contributed by atoms with Crippen molar-refractivity contribution in [3.05, 3.63) is 55.7 Å². The van der Waals surface area contributed by atoms with Crippen LogP contribution in [0.3, 0.4) is 0 Å². The van der Waals surface area contributed by atoms with Crippen LogP contribution in [0.25, 0.3) is 10.2 Å². The van der Waals surface area contributed by atoms with Crippen LogP contribution in [-0.2, 0) is 11.8 Å². The van der Waals surface area contributed by atoms with Crippen LogP contribution in [0.4, 0.5) is 11.4 Å². The zero-order chi connectivity index (χ0) is 18.8. The average Bonchev–Trinajstić information content (AvgIpc) is 2.98. The van der Waals surface area contributed by atoms with E-state index in [0.717, 1.165) is 9.71 Å². The molecule has 2 aromatic heterocycles. The number of non-ortho nitro benzene ring substituents is 1. The van der Waals surface area contributed by atoms with Gasteiger partial charge in [-0.05, 0) is 36.9 Å². The van der Waals surface area contributed by atoms with Gasteiger partial charge in [-0.3, -0.25) is 14.9 Å². The van der Waals surface area contributed by atoms with E-state index in [4.69, 9.17) is 0 Å². The molecule has 8 nitrogen and oxygen atoms in total. The lowest BCUT2D eigenvalue weighted by Gasteiger charge is -2.04. The van der Waals surface area contributed by atoms with Gasteiger partial charge in [0, 0.05) is 22.7 Å². The third-order valence-electron chi connectivity index (χ3n) is 3.62. The van der Waals surface area contributed by atoms with Crippen LogP contribution in [0, 0.1) is 17.0 Å². The molecule has 3 aromatic rings. The van der Waals surface area contributed by atoms with E-state index in [1.54, 1.807) is 7.05 Å². The molecule has 0 fully saturated rings. The molecule has 2 heterocycles. The molecule has 2 N–H and O–H groups in total. The normalized spacial score (nSPS) is 10.8. The lowest BCUT2D eigenvalue weighted by molar-refractivity contribution is -0.404. The number of nitrogens with one attached hydrogen (secondary N) is 2. The molecule has 0 unspecified atom stereocenters. The van der Waals surface area contributed by atoms with E-state index in [1.165, 1.54) is 51.9 Å². The van der Waals surface area contributed by atoms with Gasteiger partial charge in [-0.15, -0.1) is 0 Å². The Morgan fingerprint density at radius 3 is 2.73 bits per heavy atom. The molecule has 0 radical (unpaired) electrons. The van der Waals surface area contributed by atoms with Crippen LogP contribution in [0.15, 0.2) is 40.3 Å². The number of nitro benzene ring substituents is 1. The molecule has 0 aliphatic carbocycles. The van der Waals surface area contributed by atoms with Gasteiger partial charge >= 0.3 is 10.7 Å². The molecule has 3 rings (SSSR count). The SMILES string of the molecule is Cc1cc2c(=O)n(C)c(SCC(=O)Nc3ccc([N+](=O)[O-])cc3)[nH+]c2s1. The van der Waals surface area contributed by atoms with Crippen molar-refractivity contribution in [3.63, 3.8) is 0 Å². The van der Waals surface area contributed by atoms with Crippen LogP contribution in [0.2, 0.25) is 0 Å². The summed E-state index contributed by atoms with van der Waals surface area (Å²) in [6, 6.07) is 7.45. The molecule has 1 aromatic carbocycles. The summed E-state index contributed by atoms with van der Waals surface area (Å²) >= 11 is 2.71. The van der Waals surface area contributed by atoms with Crippen molar-refractivity contribution < 1.29 is 14.7 Å². The van der Waals surface area contributed by atoms with Gasteiger partial charge < -0.3 is 5.32 Å². The fraction of sp³-hybridized carbons (Fsp3) is 0.188. The molecular weight excluding hydrogens is 376 g/mol. The predicted molar refractivity (Wildman–Crippen MR) is 101 cm³/mol. The summed E-state index contributed by atoms with van der Waals surface area (Å²) in [5.41, 5.74) is 0.325. The molecule has 0 saturated heterocycles. The Morgan fingerprint density at radius 2 is 2.08 bits per heavy atom. The third-order valence-corrected chi connectivity index (χ3v) is 5.64. The number of H-pyrrole nitrogens is 1. The van der Waals surface area contributed by atoms with Crippen LogP contribution in [0.5, 0.6) is 0 Å². The number of carbonyl (C=O) groups is 1. The van der Waals surface area contributed by atoms with Gasteiger partial charge in [0.1, 0.15) is 5.39 Å². The second-order valence-electron chi connectivity index (χ2n) is 5.54. The Hall–Kier alpha value is -2.72. The average molecular weight is 391 g/mol. The summed E-state index contributed by atoms with van der Waals surface area (Å²) in [5, 5.41) is 14.5. The highest BCUT2D eigenvalue weighted by Crippen LogP contribution is 2.21. The number of thiophene rings is 1. The minimum Gasteiger partial charge on any atom is -0.325 e. The highest BCUT2D eigenvalue weighted by molar-refractivity contribution is 7.99. The van der Waals surface area contributed by atoms with Crippen molar-refractivity contribution in [2.24, 2.45) is 7.05 Å². The number of aryl methyl sites for hydroxylation is 1. The number of rotatable bonds is 5. The predicted octanol–water partition coefficient (Wildman–Crippen LogP) is 2.36. The Morgan fingerprint density at radius 1 is 1.38 bits per heavy atom. The number of amides is 1. The molecular formula is C16H15N4O4S2+. The van der Waals surface area contributed by atoms with Crippen molar-refractivity contribution in [1.29, 1.82) is 0 Å². The van der Waals surface area contributed by atoms with Gasteiger partial charge in [0.15, 0.2) is 4.83 Å². The number of carbonyl (C=O) groups excluding carboxylic acids is 1. The molecule has 10 heteroatoms. The van der Waals surface area contributed by atoms with E-state index in [2.05, 4.69) is 10.3 Å². The number of hydrogen-bond acceptors (Lipinski definition) is 6. The lowest BCUT2D eigenvalue weighted by atomic mass is 10.3. The van der Waals surface area contributed by atoms with Crippen LogP contribution in [0.1, 0.15) is 4.88 Å². The van der Waals surface area contributed by atoms with Crippen molar-refractivity contribution in [3.8, 4) is 0 Å². The maximum Gasteiger partial charge on any atom is 0.346 e. The molecule has 0 aliphatic heterocycles. The quantitative estimate of drug-likeness (QED) is 0.311. The minimum atomic E-state index is -0.500. The minimum absolute atomic E-state index is 0.0403. The van der Waals surface area contributed by atoms with E-state index in [1.807, 2.05) is 13.0 Å². The largest absolute Gasteiger partial charge is 0.346 e. The second-order valence-corrected chi connectivity index (χ2v) is 7.76. The van der Waals surface area contributed by atoms with Crippen molar-refractivity contribution in [1.82, 2.24) is 4.57 Å². The summed E-state index contributed by atoms with van der Waals surface area (Å²) < 4.78 is 1.48. The monoisotopic (exact) mass is 391 g/mol. The molecule has 0 atom stereocenters. The molecule has 0 aliphatic rings. The molecule has 0 saturated carbocycles. The summed E-state index contributed by atoms with van der Waals surface area (Å²) in [4.78, 5) is 39.6. The van der Waals surface area contributed by atoms with Gasteiger partial charge in [-0.25, -0.2) is 9.78 Å². The number of anilines is 1. The van der Waals surface area contributed by atoms with Gasteiger partial charge in [0.05, 0.1) is 17.7 Å². The van der Waals surface area contributed by atoms with Gasteiger partial charge in [0.2, 0.25) is 5.91 Å². The zero-order valence-electron chi connectivity index (χ0n) is 13.9. The van der Waals surface area contributed by atoms with E-state index in [9.17, 15) is 19.7 Å². The smallest absolute Gasteiger partial charge is 0.325 e. The first kappa shape index (κ1) is 18.1. The standard InChI is InChI=1S/C16H14N4O4S2/c1-9-7-12-14(26-9)18-16(19(2)15(12)22)25-8-13(21)17-10-3-5-11(6-4-10)20(23)24/h3-7H,8H2,1-2H3,(H,17,21)/p+1. The van der Waals surface area contributed by atoms with Crippen LogP contribution in [-0.4, -0.2) is 21.2 Å². The van der Waals surface area contributed by atoms with E-state index < -0.39 is 4.92 Å². The number of benzene rings is 1. The number of nitro groups is 1. The van der Waals surface area contributed by atoms with Crippen molar-refractivity contribution in [2.45, 2.75) is 12.1 Å². The van der Waals surface area contributed by atoms with Crippen molar-refractivity contribution in [2.75, 3.05) is 11.1 Å². The number of nitrogens with zero attached hydrogens (tertiary/aromatic N) is 2. The van der Waals surface area contributed by atoms with Gasteiger partial charge in [-0.1, -0.05) is 11.3 Å². The Labute approximate surface area is 156 Å². The first-order chi connectivity index (χ1) is 12.3. The van der Waals surface area contributed by atoms with E-state index in [-0.39, 0.29) is 22.9 Å². The molecule has 134 valence electrons. The van der Waals surface area contributed by atoms with Gasteiger partial charge in [0.25, 0.3) is 5.69 Å². The highest BCUT2D eigenvalue weighted by atomic mass is 32.2. The van der Waals surface area contributed by atoms with Gasteiger partial charge in [-0.2, -0.15) is 4.57 Å². The number of aromatic amines is 1. The summed E-state index contributed by atoms with van der Waals surface area (Å²) in [6.45, 7) is 1.93. The Bertz CT molecular complexity index is 1060. The zero-order valence-corrected chi connectivity index (χ0v) is 15.6. The van der Waals surface area contributed by atoms with Crippen molar-refractivity contribution >= 4 is 50.6 Å². The van der Waals surface area contributed by atoms with E-state index >= 15 is 0 Å². The lowest BCUT2D eigenvalue weighted by Crippen LogP contribution is -2.27. The molecule has 26 heavy (non-hydrogen) atoms. The number of hydrogen-bond donors (Lipinski definition) is 1. The fourth-order valence-corrected chi connectivity index (χ4v) is 4.11. The van der Waals surface area contributed by atoms with E-state index in [0.29, 0.717) is 16.2 Å². The molecule has 0 bridgehead atoms. The fourth-order valence-electron chi connectivity index (χ4n) is 2.35. The van der Waals surface area contributed by atoms with Crippen LogP contribution >= 0.6 is 23.1 Å². The Balaban J connectivity index is 1.69. The Kier molecular flexibility index (Phi) is 5.05. The summed E-state index contributed by atoms with van der Waals surface area (Å²) in [5.74, 6) is -0.177. The first-order valence-corrected chi connectivity index (χ1v) is 9.35. The first-order valence-electron chi connectivity index (χ1n) is 7.54. The maximum atomic E-state index is 12.4. The summed E-state index contributed by atoms with van der Waals surface area (Å²) in [7, 11) is 1.65. The molecule has 1 amide bonds. The van der Waals surface area contributed by atoms with Crippen LogP contribution < -0.4 is 15.9 Å².